The first-order valence-electron chi connectivity index (χ1n) is 8.27. The van der Waals surface area contributed by atoms with Crippen molar-refractivity contribution in [1.82, 2.24) is 9.55 Å². The highest BCUT2D eigenvalue weighted by atomic mass is 16.5. The number of benzene rings is 1. The van der Waals surface area contributed by atoms with Gasteiger partial charge in [-0.1, -0.05) is 25.1 Å². The Kier molecular flexibility index (Phi) is 4.92. The molecule has 1 N–H and O–H groups in total. The van der Waals surface area contributed by atoms with Crippen LogP contribution < -0.4 is 11.0 Å². The van der Waals surface area contributed by atoms with Crippen molar-refractivity contribution >= 4 is 17.4 Å². The van der Waals surface area contributed by atoms with Crippen molar-refractivity contribution in [3.05, 3.63) is 58.3 Å². The van der Waals surface area contributed by atoms with Crippen LogP contribution in [0.1, 0.15) is 36.5 Å². The molecule has 0 fully saturated rings. The molecular weight excluding hydrogens is 320 g/mol. The summed E-state index contributed by atoms with van der Waals surface area (Å²) in [7, 11) is 0. The molecule has 1 aliphatic rings. The number of aromatic nitrogens is 2. The maximum absolute atomic E-state index is 12.6. The van der Waals surface area contributed by atoms with Gasteiger partial charge >= 0.3 is 5.97 Å². The number of hydrogen-bond acceptors (Lipinski definition) is 6. The Balaban J connectivity index is 1.97. The molecule has 130 valence electrons. The molecule has 1 unspecified atom stereocenters. The number of hydrogen-bond donors (Lipinski definition) is 1. The lowest BCUT2D eigenvalue weighted by Gasteiger charge is -2.24. The van der Waals surface area contributed by atoms with Crippen molar-refractivity contribution in [2.24, 2.45) is 11.0 Å². The summed E-state index contributed by atoms with van der Waals surface area (Å²) in [5, 5.41) is 4.46. The molecule has 0 bridgehead atoms. The number of carbonyl (C=O) groups excluding carboxylic acids is 1. The average Bonchev–Trinajstić information content (AvgIpc) is 2.62. The molecule has 1 aliphatic heterocycles. The lowest BCUT2D eigenvalue weighted by molar-refractivity contribution is 0.0522. The van der Waals surface area contributed by atoms with Crippen molar-refractivity contribution in [2.75, 3.05) is 12.0 Å². The molecule has 0 spiro atoms. The summed E-state index contributed by atoms with van der Waals surface area (Å²) < 4.78 is 6.42. The smallest absolute Gasteiger partial charge is 0.345 e. The van der Waals surface area contributed by atoms with E-state index < -0.39 is 5.97 Å². The number of anilines is 1. The normalized spacial score (nSPS) is 17.8. The van der Waals surface area contributed by atoms with Crippen LogP contribution in [0.25, 0.3) is 0 Å². The molecule has 7 heteroatoms. The fraction of sp³-hybridized carbons (Fsp3) is 0.333. The molecule has 0 saturated heterocycles. The Bertz CT molecular complexity index is 858. The lowest BCUT2D eigenvalue weighted by atomic mass is 9.97. The van der Waals surface area contributed by atoms with Gasteiger partial charge in [0.15, 0.2) is 5.82 Å². The monoisotopic (exact) mass is 340 g/mol. The largest absolute Gasteiger partial charge is 0.462 e. The molecule has 1 aromatic heterocycles. The predicted molar refractivity (Wildman–Crippen MR) is 94.8 cm³/mol. The van der Waals surface area contributed by atoms with E-state index in [0.29, 0.717) is 18.1 Å². The highest BCUT2D eigenvalue weighted by Gasteiger charge is 2.27. The van der Waals surface area contributed by atoms with E-state index in [9.17, 15) is 9.59 Å². The summed E-state index contributed by atoms with van der Waals surface area (Å²) >= 11 is 0. The predicted octanol–water partition coefficient (Wildman–Crippen LogP) is 2.28. The number of ether oxygens (including phenoxy) is 1. The Morgan fingerprint density at radius 1 is 1.40 bits per heavy atom. The van der Waals surface area contributed by atoms with Crippen LogP contribution >= 0.6 is 0 Å². The first kappa shape index (κ1) is 16.9. The molecule has 25 heavy (non-hydrogen) atoms. The standard InChI is InChI=1S/C18H20N4O3/c1-3-25-18(24)14-11-19-16-15(12(2)9-10-22(16)17(14)23)21-20-13-7-5-4-6-8-13/h4-8,11-12,20H,3,9-10H2,1-2H3/b21-15-. The first-order valence-corrected chi connectivity index (χ1v) is 8.27. The van der Waals surface area contributed by atoms with Crippen molar-refractivity contribution < 1.29 is 9.53 Å². The molecule has 7 nitrogen and oxygen atoms in total. The summed E-state index contributed by atoms with van der Waals surface area (Å²) in [4.78, 5) is 28.8. The number of nitrogens with zero attached hydrogens (tertiary/aromatic N) is 3. The van der Waals surface area contributed by atoms with Crippen LogP contribution in [0.4, 0.5) is 5.69 Å². The highest BCUT2D eigenvalue weighted by molar-refractivity contribution is 6.00. The SMILES string of the molecule is CCOC(=O)c1cnc2n(c1=O)CCC(C)/C2=N/Nc1ccccc1. The quantitative estimate of drug-likeness (QED) is 0.682. The van der Waals surface area contributed by atoms with Crippen molar-refractivity contribution in [1.29, 1.82) is 0 Å². The third-order valence-corrected chi connectivity index (χ3v) is 4.10. The van der Waals surface area contributed by atoms with E-state index in [0.717, 1.165) is 12.1 Å². The maximum atomic E-state index is 12.6. The number of hydrazone groups is 1. The first-order chi connectivity index (χ1) is 12.1. The third-order valence-electron chi connectivity index (χ3n) is 4.10. The zero-order valence-corrected chi connectivity index (χ0v) is 14.2. The van der Waals surface area contributed by atoms with E-state index in [1.54, 1.807) is 6.92 Å². The number of carbonyl (C=O) groups is 1. The minimum Gasteiger partial charge on any atom is -0.462 e. The lowest BCUT2D eigenvalue weighted by Crippen LogP contribution is -2.38. The van der Waals surface area contributed by atoms with E-state index in [-0.39, 0.29) is 23.6 Å². The molecule has 1 atom stereocenters. The number of para-hydroxylation sites is 1. The second-order valence-electron chi connectivity index (χ2n) is 5.84. The van der Waals surface area contributed by atoms with Gasteiger partial charge in [-0.3, -0.25) is 14.8 Å². The summed E-state index contributed by atoms with van der Waals surface area (Å²) in [6.45, 7) is 4.45. The zero-order valence-electron chi connectivity index (χ0n) is 14.2. The maximum Gasteiger partial charge on any atom is 0.345 e. The number of fused-ring (bicyclic) bond motifs is 1. The Morgan fingerprint density at radius 2 is 2.16 bits per heavy atom. The second-order valence-corrected chi connectivity index (χ2v) is 5.84. The van der Waals surface area contributed by atoms with E-state index >= 15 is 0 Å². The van der Waals surface area contributed by atoms with Gasteiger partial charge in [-0.2, -0.15) is 5.10 Å². The fourth-order valence-corrected chi connectivity index (χ4v) is 2.73. The van der Waals surface area contributed by atoms with E-state index in [1.165, 1.54) is 10.8 Å². The molecular formula is C18H20N4O3. The fourth-order valence-electron chi connectivity index (χ4n) is 2.73. The number of rotatable bonds is 4. The van der Waals surface area contributed by atoms with Gasteiger partial charge in [0, 0.05) is 18.7 Å². The summed E-state index contributed by atoms with van der Waals surface area (Å²) in [6.07, 6.45) is 2.03. The van der Waals surface area contributed by atoms with Gasteiger partial charge in [0.25, 0.3) is 5.56 Å². The van der Waals surface area contributed by atoms with Crippen LogP contribution in [-0.4, -0.2) is 27.8 Å². The molecule has 0 amide bonds. The van der Waals surface area contributed by atoms with Gasteiger partial charge in [-0.25, -0.2) is 9.78 Å². The molecule has 1 aromatic carbocycles. The summed E-state index contributed by atoms with van der Waals surface area (Å²) in [5.41, 5.74) is 4.12. The van der Waals surface area contributed by atoms with Crippen LogP contribution in [0, 0.1) is 5.92 Å². The summed E-state index contributed by atoms with van der Waals surface area (Å²) in [6, 6.07) is 9.56. The average molecular weight is 340 g/mol. The summed E-state index contributed by atoms with van der Waals surface area (Å²) in [5.74, 6) is -0.00777. The van der Waals surface area contributed by atoms with Crippen LogP contribution in [0.2, 0.25) is 0 Å². The van der Waals surface area contributed by atoms with E-state index in [2.05, 4.69) is 15.5 Å². The van der Waals surface area contributed by atoms with E-state index in [1.807, 2.05) is 37.3 Å². The second kappa shape index (κ2) is 7.29. The van der Waals surface area contributed by atoms with Gasteiger partial charge in [0.1, 0.15) is 11.3 Å². The minimum absolute atomic E-state index is 0.0458. The number of nitrogens with one attached hydrogen (secondary N) is 1. The van der Waals surface area contributed by atoms with Crippen molar-refractivity contribution in [3.8, 4) is 0 Å². The van der Waals surface area contributed by atoms with Gasteiger partial charge < -0.3 is 4.74 Å². The zero-order chi connectivity index (χ0) is 17.8. The van der Waals surface area contributed by atoms with Crippen molar-refractivity contribution in [2.45, 2.75) is 26.8 Å². The topological polar surface area (TPSA) is 85.6 Å². The van der Waals surface area contributed by atoms with Crippen LogP contribution in [-0.2, 0) is 11.3 Å². The Labute approximate surface area is 145 Å². The highest BCUT2D eigenvalue weighted by Crippen LogP contribution is 2.19. The molecule has 0 aliphatic carbocycles. The molecule has 2 aromatic rings. The van der Waals surface area contributed by atoms with Crippen LogP contribution in [0.15, 0.2) is 46.4 Å². The Hall–Kier alpha value is -2.96. The molecule has 3 rings (SSSR count). The van der Waals surface area contributed by atoms with Gasteiger partial charge in [0.05, 0.1) is 12.3 Å². The van der Waals surface area contributed by atoms with Gasteiger partial charge in [0.2, 0.25) is 0 Å². The Morgan fingerprint density at radius 3 is 2.88 bits per heavy atom. The molecule has 2 heterocycles. The van der Waals surface area contributed by atoms with Gasteiger partial charge in [-0.05, 0) is 25.5 Å². The molecule has 0 saturated carbocycles. The minimum atomic E-state index is -0.644. The van der Waals surface area contributed by atoms with Gasteiger partial charge in [-0.15, -0.1) is 0 Å². The van der Waals surface area contributed by atoms with Crippen molar-refractivity contribution in [3.63, 3.8) is 0 Å². The molecule has 0 radical (unpaired) electrons. The number of esters is 1. The third kappa shape index (κ3) is 3.45. The van der Waals surface area contributed by atoms with Crippen LogP contribution in [0.3, 0.4) is 0 Å². The van der Waals surface area contributed by atoms with Crippen LogP contribution in [0.5, 0.6) is 0 Å². The van der Waals surface area contributed by atoms with E-state index in [4.69, 9.17) is 4.74 Å².